The van der Waals surface area contributed by atoms with Crippen LogP contribution >= 0.6 is 0 Å². The minimum atomic E-state index is -4.87. The number of aromatic nitrogens is 5. The molecule has 5 rings (SSSR count). The lowest BCUT2D eigenvalue weighted by Gasteiger charge is -2.26. The van der Waals surface area contributed by atoms with Gasteiger partial charge in [-0.05, 0) is 68.5 Å². The fraction of sp³-hybridized carbons (Fsp3) is 0.333. The lowest BCUT2D eigenvalue weighted by atomic mass is 9.96. The topological polar surface area (TPSA) is 133 Å². The molecule has 266 valence electrons. The van der Waals surface area contributed by atoms with Crippen molar-refractivity contribution in [3.8, 4) is 0 Å². The van der Waals surface area contributed by atoms with E-state index in [9.17, 15) is 27.9 Å². The van der Waals surface area contributed by atoms with Gasteiger partial charge in [-0.25, -0.2) is 14.3 Å². The molecule has 1 atom stereocenters. The van der Waals surface area contributed by atoms with Crippen LogP contribution in [0.1, 0.15) is 89.7 Å². The SMILES string of the molecule is C=C(C)c1c(C(=O)OCC)cn2cc(CO)ccc12.C=C(C)c1c(C(=O)OCC)cn2cc(Cn3cc(C(O)(CC)C(F)(F)F)nn3)ccc12. The van der Waals surface area contributed by atoms with Crippen LogP contribution in [0.5, 0.6) is 0 Å². The molecule has 0 fully saturated rings. The molecule has 2 N–H and O–H groups in total. The molecule has 5 aromatic rings. The Morgan fingerprint density at radius 1 is 0.800 bits per heavy atom. The van der Waals surface area contributed by atoms with Crippen molar-refractivity contribution in [2.24, 2.45) is 0 Å². The molecule has 0 saturated heterocycles. The minimum absolute atomic E-state index is 0.0364. The Kier molecular flexibility index (Phi) is 11.4. The number of aliphatic hydroxyl groups excluding tert-OH is 1. The third-order valence-electron chi connectivity index (χ3n) is 7.98. The number of pyridine rings is 2. The van der Waals surface area contributed by atoms with Gasteiger partial charge in [0.05, 0.1) is 54.7 Å². The van der Waals surface area contributed by atoms with Gasteiger partial charge in [0.25, 0.3) is 0 Å². The Bertz CT molecular complexity index is 2060. The molecule has 0 aliphatic carbocycles. The predicted octanol–water partition coefficient (Wildman–Crippen LogP) is 6.59. The summed E-state index contributed by atoms with van der Waals surface area (Å²) in [7, 11) is 0. The number of aliphatic hydroxyl groups is 2. The standard InChI is InChI=1S/C21H23F3N4O3.C15H17NO3/c1-5-20(30,21(22,23)24)17-12-28(26-25-17)10-14-7-8-16-18(13(3)4)15(11-27(16)9-14)19(29)31-6-2;1-4-19-15(18)12-8-16-7-11(9-17)5-6-13(16)14(12)10(2)3/h7-9,11-12,30H,3,5-6,10H2,1-2,4H3;5-8,17H,2,4,9H2,1,3H3. The molecule has 0 amide bonds. The van der Waals surface area contributed by atoms with Crippen LogP contribution in [0.3, 0.4) is 0 Å². The van der Waals surface area contributed by atoms with Crippen LogP contribution in [0.4, 0.5) is 13.2 Å². The molecular weight excluding hydrogens is 655 g/mol. The van der Waals surface area contributed by atoms with Crippen molar-refractivity contribution in [3.63, 3.8) is 0 Å². The molecule has 0 radical (unpaired) electrons. The first-order valence-corrected chi connectivity index (χ1v) is 15.8. The van der Waals surface area contributed by atoms with Crippen LogP contribution in [0.15, 0.2) is 68.4 Å². The van der Waals surface area contributed by atoms with Gasteiger partial charge in [-0.3, -0.25) is 0 Å². The Morgan fingerprint density at radius 3 is 1.70 bits per heavy atom. The van der Waals surface area contributed by atoms with Crippen molar-refractivity contribution in [1.82, 2.24) is 23.8 Å². The van der Waals surface area contributed by atoms with Crippen LogP contribution in [0.2, 0.25) is 0 Å². The number of fused-ring (bicyclic) bond motifs is 2. The van der Waals surface area contributed by atoms with Crippen LogP contribution in [-0.2, 0) is 28.2 Å². The molecule has 5 heterocycles. The first-order valence-electron chi connectivity index (χ1n) is 15.8. The van der Waals surface area contributed by atoms with E-state index in [-0.39, 0.29) is 25.7 Å². The molecular formula is C36H40F3N5O6. The zero-order valence-electron chi connectivity index (χ0n) is 28.5. The lowest BCUT2D eigenvalue weighted by Crippen LogP contribution is -2.42. The number of rotatable bonds is 11. The number of alkyl halides is 3. The number of halogens is 3. The molecule has 0 aliphatic heterocycles. The van der Waals surface area contributed by atoms with Crippen molar-refractivity contribution in [1.29, 1.82) is 0 Å². The summed E-state index contributed by atoms with van der Waals surface area (Å²) in [5, 5.41) is 26.5. The Morgan fingerprint density at radius 2 is 1.28 bits per heavy atom. The Hall–Kier alpha value is -5.21. The van der Waals surface area contributed by atoms with Crippen LogP contribution < -0.4 is 0 Å². The largest absolute Gasteiger partial charge is 0.462 e. The van der Waals surface area contributed by atoms with Crippen molar-refractivity contribution in [3.05, 3.63) is 107 Å². The summed E-state index contributed by atoms with van der Waals surface area (Å²) in [6, 6.07) is 7.26. The molecule has 0 aromatic carbocycles. The molecule has 14 heteroatoms. The summed E-state index contributed by atoms with van der Waals surface area (Å²) in [5.41, 5.74) is 3.36. The molecule has 0 saturated carbocycles. The molecule has 0 bridgehead atoms. The number of hydrogen-bond donors (Lipinski definition) is 2. The third-order valence-corrected chi connectivity index (χ3v) is 7.98. The summed E-state index contributed by atoms with van der Waals surface area (Å²) < 4.78 is 54.7. The average Bonchev–Trinajstić information content (AvgIpc) is 3.79. The minimum Gasteiger partial charge on any atom is -0.462 e. The van der Waals surface area contributed by atoms with E-state index in [2.05, 4.69) is 23.5 Å². The van der Waals surface area contributed by atoms with E-state index >= 15 is 0 Å². The van der Waals surface area contributed by atoms with Gasteiger partial charge in [0.1, 0.15) is 5.69 Å². The fourth-order valence-corrected chi connectivity index (χ4v) is 5.54. The van der Waals surface area contributed by atoms with Crippen LogP contribution in [0, 0.1) is 0 Å². The number of carbonyl (C=O) groups is 2. The van der Waals surface area contributed by atoms with Gasteiger partial charge in [-0.1, -0.05) is 37.4 Å². The molecule has 1 unspecified atom stereocenters. The monoisotopic (exact) mass is 695 g/mol. The highest BCUT2D eigenvalue weighted by Crippen LogP contribution is 2.40. The van der Waals surface area contributed by atoms with E-state index in [1.54, 1.807) is 62.1 Å². The van der Waals surface area contributed by atoms with E-state index in [1.165, 1.54) is 11.6 Å². The van der Waals surface area contributed by atoms with Crippen molar-refractivity contribution < 1.29 is 42.4 Å². The smallest absolute Gasteiger partial charge is 0.423 e. The maximum Gasteiger partial charge on any atom is 0.423 e. The maximum atomic E-state index is 13.3. The normalized spacial score (nSPS) is 12.7. The first-order chi connectivity index (χ1) is 23.6. The first kappa shape index (κ1) is 37.6. The number of esters is 2. The average molecular weight is 696 g/mol. The summed E-state index contributed by atoms with van der Waals surface area (Å²) in [5.74, 6) is -0.813. The van der Waals surface area contributed by atoms with Gasteiger partial charge < -0.3 is 28.5 Å². The van der Waals surface area contributed by atoms with Gasteiger partial charge in [0.15, 0.2) is 0 Å². The van der Waals surface area contributed by atoms with Gasteiger partial charge in [-0.15, -0.1) is 5.10 Å². The Balaban J connectivity index is 0.000000252. The summed E-state index contributed by atoms with van der Waals surface area (Å²) >= 11 is 0. The van der Waals surface area contributed by atoms with Gasteiger partial charge in [0.2, 0.25) is 5.60 Å². The quantitative estimate of drug-likeness (QED) is 0.148. The summed E-state index contributed by atoms with van der Waals surface area (Å²) in [6.45, 7) is 16.9. The molecule has 0 spiro atoms. The second kappa shape index (κ2) is 15.1. The van der Waals surface area contributed by atoms with Gasteiger partial charge in [0, 0.05) is 35.9 Å². The van der Waals surface area contributed by atoms with Crippen molar-refractivity contribution in [2.45, 2.75) is 66.0 Å². The zero-order valence-corrected chi connectivity index (χ0v) is 28.5. The van der Waals surface area contributed by atoms with Crippen molar-refractivity contribution >= 4 is 34.1 Å². The van der Waals surface area contributed by atoms with E-state index in [1.807, 2.05) is 23.5 Å². The van der Waals surface area contributed by atoms with Gasteiger partial charge in [-0.2, -0.15) is 13.2 Å². The second-order valence-corrected chi connectivity index (χ2v) is 11.7. The lowest BCUT2D eigenvalue weighted by molar-refractivity contribution is -0.269. The van der Waals surface area contributed by atoms with Crippen LogP contribution in [-0.4, -0.2) is 65.3 Å². The van der Waals surface area contributed by atoms with E-state index < -0.39 is 29.9 Å². The highest BCUT2D eigenvalue weighted by molar-refractivity contribution is 6.00. The molecule has 5 aromatic heterocycles. The number of nitrogens with zero attached hydrogens (tertiary/aromatic N) is 5. The fourth-order valence-electron chi connectivity index (χ4n) is 5.54. The van der Waals surface area contributed by atoms with Crippen molar-refractivity contribution in [2.75, 3.05) is 13.2 Å². The number of carbonyl (C=O) groups excluding carboxylic acids is 2. The highest BCUT2D eigenvalue weighted by Gasteiger charge is 2.55. The van der Waals surface area contributed by atoms with E-state index in [4.69, 9.17) is 14.6 Å². The van der Waals surface area contributed by atoms with E-state index in [0.29, 0.717) is 34.4 Å². The summed E-state index contributed by atoms with van der Waals surface area (Å²) in [4.78, 5) is 24.3. The maximum absolute atomic E-state index is 13.3. The van der Waals surface area contributed by atoms with Gasteiger partial charge >= 0.3 is 18.1 Å². The third kappa shape index (κ3) is 7.50. The number of ether oxygens (including phenoxy) is 2. The Labute approximate surface area is 286 Å². The predicted molar refractivity (Wildman–Crippen MR) is 181 cm³/mol. The molecule has 50 heavy (non-hydrogen) atoms. The molecule has 0 aliphatic rings. The summed E-state index contributed by atoms with van der Waals surface area (Å²) in [6.07, 6.45) is 2.52. The second-order valence-electron chi connectivity index (χ2n) is 11.7. The van der Waals surface area contributed by atoms with Crippen LogP contribution in [0.25, 0.3) is 22.2 Å². The number of hydrogen-bond acceptors (Lipinski definition) is 8. The van der Waals surface area contributed by atoms with E-state index in [0.717, 1.165) is 33.9 Å². The zero-order chi connectivity index (χ0) is 37.0. The highest BCUT2D eigenvalue weighted by atomic mass is 19.4. The number of allylic oxidation sites excluding steroid dienone is 2. The molecule has 11 nitrogen and oxygen atoms in total.